The third kappa shape index (κ3) is 3.66. The van der Waals surface area contributed by atoms with E-state index in [1.54, 1.807) is 5.01 Å². The molecule has 10 atom stereocenters. The Kier molecular flexibility index (Phi) is 6.23. The van der Waals surface area contributed by atoms with Gasteiger partial charge in [-0.1, -0.05) is 53.9 Å². The smallest absolute Gasteiger partial charge is 0.302 e. The van der Waals surface area contributed by atoms with Crippen LogP contribution < -0.4 is 0 Å². The number of nitro groups is 1. The van der Waals surface area contributed by atoms with Crippen LogP contribution in [0.15, 0.2) is 0 Å². The van der Waals surface area contributed by atoms with Crippen LogP contribution in [-0.4, -0.2) is 33.7 Å². The maximum Gasteiger partial charge on any atom is 0.302 e. The van der Waals surface area contributed by atoms with Crippen molar-refractivity contribution in [3.63, 3.8) is 0 Å². The van der Waals surface area contributed by atoms with Crippen LogP contribution in [0.4, 0.5) is 0 Å². The van der Waals surface area contributed by atoms with E-state index in [9.17, 15) is 14.9 Å². The van der Waals surface area contributed by atoms with Gasteiger partial charge in [0.05, 0.1) is 0 Å². The van der Waals surface area contributed by atoms with E-state index in [0.29, 0.717) is 29.6 Å². The first-order valence-electron chi connectivity index (χ1n) is 14.6. The summed E-state index contributed by atoms with van der Waals surface area (Å²) >= 11 is 0. The van der Waals surface area contributed by atoms with Gasteiger partial charge in [0.15, 0.2) is 5.03 Å². The van der Waals surface area contributed by atoms with Crippen molar-refractivity contribution in [1.29, 1.82) is 0 Å². The Morgan fingerprint density at radius 2 is 1.83 bits per heavy atom. The topological polar surface area (TPSA) is 72.5 Å². The zero-order chi connectivity index (χ0) is 25.3. The van der Waals surface area contributed by atoms with E-state index in [1.807, 2.05) is 0 Å². The Morgan fingerprint density at radius 1 is 1.09 bits per heavy atom. The fourth-order valence-electron chi connectivity index (χ4n) is 10.7. The third-order valence-corrected chi connectivity index (χ3v) is 12.2. The first kappa shape index (κ1) is 25.3. The molecule has 0 bridgehead atoms. The molecular weight excluding hydrogens is 440 g/mol. The van der Waals surface area contributed by atoms with Gasteiger partial charge < -0.3 is 4.74 Å². The van der Waals surface area contributed by atoms with Crippen LogP contribution in [-0.2, 0) is 9.53 Å². The summed E-state index contributed by atoms with van der Waals surface area (Å²) in [5, 5.41) is 13.7. The molecule has 4 aliphatic carbocycles. The van der Waals surface area contributed by atoms with E-state index < -0.39 is 5.54 Å². The van der Waals surface area contributed by atoms with Crippen LogP contribution in [0.2, 0.25) is 0 Å². The second-order valence-corrected chi connectivity index (χ2v) is 14.1. The van der Waals surface area contributed by atoms with Gasteiger partial charge in [0.25, 0.3) is 0 Å². The minimum Gasteiger partial charge on any atom is -0.462 e. The second kappa shape index (κ2) is 8.62. The van der Waals surface area contributed by atoms with Gasteiger partial charge in [-0.15, -0.1) is 5.01 Å². The van der Waals surface area contributed by atoms with Crippen molar-refractivity contribution in [3.05, 3.63) is 10.1 Å². The molecule has 0 N–H and O–H groups in total. The van der Waals surface area contributed by atoms with E-state index in [2.05, 4.69) is 34.6 Å². The van der Waals surface area contributed by atoms with Gasteiger partial charge in [-0.25, -0.2) is 10.1 Å². The Morgan fingerprint density at radius 3 is 2.49 bits per heavy atom. The van der Waals surface area contributed by atoms with Crippen molar-refractivity contribution >= 4 is 5.97 Å². The highest BCUT2D eigenvalue weighted by atomic mass is 16.7. The molecule has 35 heavy (non-hydrogen) atoms. The molecule has 1 heterocycles. The molecule has 1 unspecified atom stereocenters. The summed E-state index contributed by atoms with van der Waals surface area (Å²) in [7, 11) is 0. The summed E-state index contributed by atoms with van der Waals surface area (Å²) in [4.78, 5) is 23.9. The maximum absolute atomic E-state index is 12.3. The van der Waals surface area contributed by atoms with Crippen molar-refractivity contribution in [2.75, 3.05) is 0 Å². The van der Waals surface area contributed by atoms with E-state index in [4.69, 9.17) is 4.74 Å². The van der Waals surface area contributed by atoms with Gasteiger partial charge in [0.2, 0.25) is 0 Å². The number of hydrazine groups is 1. The minimum absolute atomic E-state index is 0.00646. The zero-order valence-electron chi connectivity index (χ0n) is 22.9. The second-order valence-electron chi connectivity index (χ2n) is 14.1. The summed E-state index contributed by atoms with van der Waals surface area (Å²) in [6.45, 7) is 13.6. The number of rotatable bonds is 7. The molecule has 1 saturated heterocycles. The first-order valence-corrected chi connectivity index (χ1v) is 14.6. The lowest BCUT2D eigenvalue weighted by molar-refractivity contribution is -0.631. The van der Waals surface area contributed by atoms with E-state index in [-0.39, 0.29) is 28.6 Å². The van der Waals surface area contributed by atoms with Crippen molar-refractivity contribution in [3.8, 4) is 0 Å². The fraction of sp³-hybridized carbons (Fsp3) is 0.966. The van der Waals surface area contributed by atoms with Crippen LogP contribution in [0.5, 0.6) is 0 Å². The van der Waals surface area contributed by atoms with Crippen LogP contribution in [0.1, 0.15) is 112 Å². The van der Waals surface area contributed by atoms with Crippen LogP contribution >= 0.6 is 0 Å². The molecule has 1 spiro atoms. The summed E-state index contributed by atoms with van der Waals surface area (Å²) < 4.78 is 5.63. The molecule has 5 fully saturated rings. The largest absolute Gasteiger partial charge is 0.462 e. The average Bonchev–Trinajstić information content (AvgIpc) is 3.26. The van der Waals surface area contributed by atoms with E-state index in [0.717, 1.165) is 37.0 Å². The van der Waals surface area contributed by atoms with Crippen molar-refractivity contribution in [2.45, 2.75) is 130 Å². The number of carbonyl (C=O) groups is 1. The van der Waals surface area contributed by atoms with Gasteiger partial charge >= 0.3 is 5.97 Å². The highest BCUT2D eigenvalue weighted by Crippen LogP contribution is 2.75. The van der Waals surface area contributed by atoms with Gasteiger partial charge in [-0.05, 0) is 85.9 Å². The highest BCUT2D eigenvalue weighted by Gasteiger charge is 2.84. The van der Waals surface area contributed by atoms with E-state index >= 15 is 0 Å². The number of nitrogens with zero attached hydrogens (tertiary/aromatic N) is 2. The molecule has 0 radical (unpaired) electrons. The Bertz CT molecular complexity index is 862. The lowest BCUT2D eigenvalue weighted by atomic mass is 9.44. The predicted molar refractivity (Wildman–Crippen MR) is 136 cm³/mol. The molecule has 198 valence electrons. The molecule has 0 aromatic heterocycles. The molecule has 0 amide bonds. The van der Waals surface area contributed by atoms with Gasteiger partial charge in [-0.2, -0.15) is 0 Å². The molecular formula is C29H48N2O4. The van der Waals surface area contributed by atoms with Crippen molar-refractivity contribution in [2.24, 2.45) is 46.3 Å². The number of fused-ring (bicyclic) bond motifs is 4. The first-order chi connectivity index (χ1) is 16.5. The van der Waals surface area contributed by atoms with Crippen LogP contribution in [0, 0.1) is 56.5 Å². The fourth-order valence-corrected chi connectivity index (χ4v) is 10.7. The highest BCUT2D eigenvalue weighted by molar-refractivity contribution is 5.66. The lowest BCUT2D eigenvalue weighted by Gasteiger charge is -2.59. The summed E-state index contributed by atoms with van der Waals surface area (Å²) in [5.41, 5.74) is -0.101. The summed E-state index contributed by atoms with van der Waals surface area (Å²) in [5.74, 6) is 3.94. The summed E-state index contributed by atoms with van der Waals surface area (Å²) in [6, 6.07) is 0.00646. The molecule has 0 aromatic carbocycles. The number of carbonyl (C=O) groups excluding carboxylic acids is 1. The molecule has 6 heteroatoms. The monoisotopic (exact) mass is 488 g/mol. The number of ether oxygens (including phenoxy) is 1. The lowest BCUT2D eigenvalue weighted by Crippen LogP contribution is -2.59. The van der Waals surface area contributed by atoms with Gasteiger partial charge in [0, 0.05) is 18.8 Å². The van der Waals surface area contributed by atoms with E-state index in [1.165, 1.54) is 51.9 Å². The SMILES string of the molecule is CC(=O)O[C@H]1CC[C@]2(C)[C@H]3CC[C@]4(C)[C@@H](C(C)CCCC(C)C)CC[C@H]4[C@@H]3C[C@H]3N([N+](=O)[O-])[C@]32C1. The van der Waals surface area contributed by atoms with Crippen molar-refractivity contribution in [1.82, 2.24) is 5.01 Å². The number of hydrogen-bond donors (Lipinski definition) is 0. The quantitative estimate of drug-likeness (QED) is 0.174. The standard InChI is InChI=1S/C29H48N2O4/c1-18(2)8-7-9-19(3)23-10-11-24-22-16-26-29(30(26)31(33)34)17-21(35-20(4)32)12-15-28(29,6)25(22)13-14-27(23,24)5/h18-19,21-26H,7-17H2,1-6H3/t19?,21-,22-,23+,24-,25-,26+,27+,28+,29+,30?/m0/s1. The summed E-state index contributed by atoms with van der Waals surface area (Å²) in [6.07, 6.45) is 12.3. The Labute approximate surface area is 212 Å². The Hall–Kier alpha value is -1.33. The number of hydrogen-bond acceptors (Lipinski definition) is 4. The Balaban J connectivity index is 1.38. The van der Waals surface area contributed by atoms with Crippen molar-refractivity contribution < 1.29 is 14.6 Å². The zero-order valence-corrected chi connectivity index (χ0v) is 22.9. The molecule has 0 aromatic rings. The molecule has 5 aliphatic rings. The molecule has 1 aliphatic heterocycles. The maximum atomic E-state index is 12.3. The average molecular weight is 489 g/mol. The minimum atomic E-state index is -0.425. The molecule has 6 nitrogen and oxygen atoms in total. The molecule has 5 rings (SSSR count). The van der Waals surface area contributed by atoms with Crippen LogP contribution in [0.3, 0.4) is 0 Å². The predicted octanol–water partition coefficient (Wildman–Crippen LogP) is 6.65. The molecule has 4 saturated carbocycles. The number of esters is 1. The van der Waals surface area contributed by atoms with Crippen LogP contribution in [0.25, 0.3) is 0 Å². The van der Waals surface area contributed by atoms with Gasteiger partial charge in [0.1, 0.15) is 17.7 Å². The third-order valence-electron chi connectivity index (χ3n) is 12.2. The normalized spacial score (nSPS) is 46.8. The van der Waals surface area contributed by atoms with Gasteiger partial charge in [-0.3, -0.25) is 4.79 Å².